The number of carboxylic acid groups (broad SMARTS) is 1. The molecule has 0 spiro atoms. The maximum Gasteiger partial charge on any atom is 0.326 e. The number of phenols is 1. The molecule has 1 aromatic heterocycles. The summed E-state index contributed by atoms with van der Waals surface area (Å²) in [7, 11) is 0. The maximum atomic E-state index is 13.6. The number of hydrogen-bond donors (Lipinski definition) is 8. The summed E-state index contributed by atoms with van der Waals surface area (Å²) >= 11 is 0. The summed E-state index contributed by atoms with van der Waals surface area (Å²) in [6, 6.07) is 8.60. The van der Waals surface area contributed by atoms with Crippen molar-refractivity contribution in [1.82, 2.24) is 20.9 Å². The van der Waals surface area contributed by atoms with Gasteiger partial charge in [0, 0.05) is 36.4 Å². The average Bonchev–Trinajstić information content (AvgIpc) is 3.37. The van der Waals surface area contributed by atoms with E-state index >= 15 is 0 Å². The lowest BCUT2D eigenvalue weighted by molar-refractivity contribution is -0.142. The third-order valence-corrected chi connectivity index (χ3v) is 7.01. The van der Waals surface area contributed by atoms with Crippen molar-refractivity contribution in [2.45, 2.75) is 63.7 Å². The fourth-order valence-corrected chi connectivity index (χ4v) is 4.56. The molecule has 13 nitrogen and oxygen atoms in total. The lowest BCUT2D eigenvalue weighted by Crippen LogP contribution is -2.59. The van der Waals surface area contributed by atoms with Gasteiger partial charge in [-0.3, -0.25) is 19.2 Å². The molecule has 230 valence electrons. The topological polar surface area (TPSA) is 230 Å². The summed E-state index contributed by atoms with van der Waals surface area (Å²) in [5.74, 6) is -4.36. The van der Waals surface area contributed by atoms with Crippen molar-refractivity contribution in [2.75, 3.05) is 0 Å². The largest absolute Gasteiger partial charge is 0.508 e. The van der Waals surface area contributed by atoms with E-state index in [0.717, 1.165) is 10.9 Å². The Balaban J connectivity index is 1.83. The number of para-hydroxylation sites is 1. The van der Waals surface area contributed by atoms with Crippen molar-refractivity contribution < 1.29 is 34.2 Å². The van der Waals surface area contributed by atoms with Gasteiger partial charge in [-0.1, -0.05) is 44.2 Å². The van der Waals surface area contributed by atoms with Crippen LogP contribution in [0.25, 0.3) is 10.9 Å². The van der Waals surface area contributed by atoms with E-state index in [4.69, 9.17) is 11.5 Å². The van der Waals surface area contributed by atoms with Crippen molar-refractivity contribution >= 4 is 40.5 Å². The lowest BCUT2D eigenvalue weighted by atomic mass is 9.99. The van der Waals surface area contributed by atoms with Gasteiger partial charge in [-0.25, -0.2) is 4.79 Å². The summed E-state index contributed by atoms with van der Waals surface area (Å²) in [6.07, 6.45) is 1.56. The van der Waals surface area contributed by atoms with Gasteiger partial charge in [0.2, 0.25) is 23.6 Å². The molecule has 0 bridgehead atoms. The average molecular weight is 595 g/mol. The molecule has 3 aromatic rings. The van der Waals surface area contributed by atoms with E-state index in [1.807, 2.05) is 24.3 Å². The lowest BCUT2D eigenvalue weighted by Gasteiger charge is -2.27. The first-order valence-electron chi connectivity index (χ1n) is 13.9. The molecule has 13 heteroatoms. The Kier molecular flexibility index (Phi) is 11.2. The van der Waals surface area contributed by atoms with Gasteiger partial charge in [-0.05, 0) is 41.7 Å². The molecule has 4 amide bonds. The quantitative estimate of drug-likeness (QED) is 0.123. The summed E-state index contributed by atoms with van der Waals surface area (Å²) in [6.45, 7) is 3.40. The summed E-state index contributed by atoms with van der Waals surface area (Å²) in [5.41, 5.74) is 13.1. The third-order valence-electron chi connectivity index (χ3n) is 7.01. The number of carbonyl (C=O) groups excluding carboxylic acids is 4. The zero-order valence-corrected chi connectivity index (χ0v) is 24.0. The van der Waals surface area contributed by atoms with Crippen molar-refractivity contribution in [3.8, 4) is 5.75 Å². The first-order valence-corrected chi connectivity index (χ1v) is 13.9. The highest BCUT2D eigenvalue weighted by Crippen LogP contribution is 2.20. The van der Waals surface area contributed by atoms with E-state index in [-0.39, 0.29) is 31.4 Å². The van der Waals surface area contributed by atoms with Crippen LogP contribution in [0.4, 0.5) is 0 Å². The number of aromatic amines is 1. The van der Waals surface area contributed by atoms with Crippen molar-refractivity contribution in [3.05, 3.63) is 65.9 Å². The fourth-order valence-electron chi connectivity index (χ4n) is 4.56. The number of primary amides is 1. The second kappa shape index (κ2) is 14.8. The molecule has 4 unspecified atom stereocenters. The first-order chi connectivity index (χ1) is 20.3. The number of carboxylic acids is 1. The van der Waals surface area contributed by atoms with Crippen LogP contribution in [-0.4, -0.2) is 69.0 Å². The molecule has 10 N–H and O–H groups in total. The van der Waals surface area contributed by atoms with Gasteiger partial charge in [0.25, 0.3) is 0 Å². The number of amides is 4. The maximum absolute atomic E-state index is 13.6. The number of nitrogens with one attached hydrogen (secondary N) is 4. The predicted molar refractivity (Wildman–Crippen MR) is 158 cm³/mol. The van der Waals surface area contributed by atoms with Crippen molar-refractivity contribution in [3.63, 3.8) is 0 Å². The number of benzene rings is 2. The number of nitrogens with two attached hydrogens (primary N) is 2. The molecular weight excluding hydrogens is 556 g/mol. The van der Waals surface area contributed by atoms with Gasteiger partial charge in [0.15, 0.2) is 0 Å². The first kappa shape index (κ1) is 32.6. The summed E-state index contributed by atoms with van der Waals surface area (Å²) < 4.78 is 0. The number of carbonyl (C=O) groups is 5. The molecule has 0 aliphatic rings. The van der Waals surface area contributed by atoms with Crippen LogP contribution in [0.3, 0.4) is 0 Å². The number of aromatic hydroxyl groups is 1. The van der Waals surface area contributed by atoms with E-state index < -0.39 is 59.7 Å². The van der Waals surface area contributed by atoms with E-state index in [2.05, 4.69) is 20.9 Å². The molecule has 4 atom stereocenters. The molecule has 43 heavy (non-hydrogen) atoms. The minimum absolute atomic E-state index is 0.00317. The Bertz CT molecular complexity index is 1450. The Morgan fingerprint density at radius 2 is 1.51 bits per heavy atom. The van der Waals surface area contributed by atoms with Crippen LogP contribution in [-0.2, 0) is 36.8 Å². The van der Waals surface area contributed by atoms with Gasteiger partial charge in [-0.2, -0.15) is 0 Å². The number of H-pyrrole nitrogens is 1. The van der Waals surface area contributed by atoms with Crippen LogP contribution >= 0.6 is 0 Å². The Morgan fingerprint density at radius 3 is 2.14 bits per heavy atom. The van der Waals surface area contributed by atoms with Gasteiger partial charge >= 0.3 is 5.97 Å². The Hall–Kier alpha value is -4.91. The number of rotatable bonds is 15. The van der Waals surface area contributed by atoms with Crippen LogP contribution in [0.15, 0.2) is 54.7 Å². The van der Waals surface area contributed by atoms with E-state index in [9.17, 15) is 34.2 Å². The SMILES string of the molecule is CC(C)C(NC(=O)C(N)CCC(N)=O)C(=O)NC(Cc1c[nH]c2ccccc12)C(=O)NC(Cc1ccc(O)cc1)C(=O)O. The molecule has 1 heterocycles. The number of hydrogen-bond acceptors (Lipinski definition) is 7. The standard InChI is InChI=1S/C30H38N6O7/c1-16(2)26(36-27(39)21(31)11-12-25(32)38)29(41)34-23(14-18-15-33-22-6-4-3-5-20(18)22)28(40)35-24(30(42)43)13-17-7-9-19(37)10-8-17/h3-10,15-16,21,23-24,26,33,37H,11-14,31H2,1-2H3,(H2,32,38)(H,34,41)(H,35,40)(H,36,39)(H,42,43). The molecule has 0 radical (unpaired) electrons. The van der Waals surface area contributed by atoms with Crippen LogP contribution in [0.5, 0.6) is 5.75 Å². The monoisotopic (exact) mass is 594 g/mol. The fraction of sp³-hybridized carbons (Fsp3) is 0.367. The van der Waals surface area contributed by atoms with Gasteiger partial charge in [-0.15, -0.1) is 0 Å². The third kappa shape index (κ3) is 9.30. The molecule has 0 saturated carbocycles. The van der Waals surface area contributed by atoms with Crippen molar-refractivity contribution in [1.29, 1.82) is 0 Å². The second-order valence-electron chi connectivity index (χ2n) is 10.7. The number of phenolic OH excluding ortho intramolecular Hbond substituents is 1. The summed E-state index contributed by atoms with van der Waals surface area (Å²) in [4.78, 5) is 66.0. The van der Waals surface area contributed by atoms with Crippen LogP contribution in [0.1, 0.15) is 37.8 Å². The molecular formula is C30H38N6O7. The highest BCUT2D eigenvalue weighted by molar-refractivity contribution is 5.95. The smallest absolute Gasteiger partial charge is 0.326 e. The second-order valence-corrected chi connectivity index (χ2v) is 10.7. The molecule has 0 saturated heterocycles. The van der Waals surface area contributed by atoms with E-state index in [0.29, 0.717) is 11.1 Å². The zero-order valence-electron chi connectivity index (χ0n) is 24.0. The zero-order chi connectivity index (χ0) is 31.7. The number of aliphatic carboxylic acids is 1. The Morgan fingerprint density at radius 1 is 0.860 bits per heavy atom. The minimum Gasteiger partial charge on any atom is -0.508 e. The molecule has 0 aliphatic heterocycles. The van der Waals surface area contributed by atoms with Crippen LogP contribution in [0.2, 0.25) is 0 Å². The molecule has 0 aliphatic carbocycles. The van der Waals surface area contributed by atoms with Gasteiger partial charge in [0.1, 0.15) is 23.9 Å². The Labute approximate surface area is 248 Å². The highest BCUT2D eigenvalue weighted by atomic mass is 16.4. The van der Waals surface area contributed by atoms with E-state index in [1.54, 1.807) is 32.2 Å². The highest BCUT2D eigenvalue weighted by Gasteiger charge is 2.32. The van der Waals surface area contributed by atoms with Gasteiger partial charge < -0.3 is 42.6 Å². The summed E-state index contributed by atoms with van der Waals surface area (Å²) in [5, 5.41) is 28.0. The molecule has 0 fully saturated rings. The molecule has 3 rings (SSSR count). The van der Waals surface area contributed by atoms with Gasteiger partial charge in [0.05, 0.1) is 6.04 Å². The van der Waals surface area contributed by atoms with Crippen LogP contribution < -0.4 is 27.4 Å². The number of aromatic nitrogens is 1. The predicted octanol–water partition coefficient (Wildman–Crippen LogP) is 0.447. The molecule has 2 aromatic carbocycles. The minimum atomic E-state index is -1.33. The number of fused-ring (bicyclic) bond motifs is 1. The van der Waals surface area contributed by atoms with E-state index in [1.165, 1.54) is 12.1 Å². The normalized spacial score (nSPS) is 14.0. The van der Waals surface area contributed by atoms with Crippen LogP contribution in [0, 0.1) is 5.92 Å². The van der Waals surface area contributed by atoms with Crippen molar-refractivity contribution in [2.24, 2.45) is 17.4 Å².